The lowest BCUT2D eigenvalue weighted by atomic mass is 10.2. The fraction of sp³-hybridized carbons (Fsp3) is 0.462. The Kier molecular flexibility index (Phi) is 4.94. The Morgan fingerprint density at radius 3 is 2.81 bits per heavy atom. The van der Waals surface area contributed by atoms with E-state index in [1.54, 1.807) is 4.90 Å². The predicted molar refractivity (Wildman–Crippen MR) is 76.1 cm³/mol. The lowest BCUT2D eigenvalue weighted by Crippen LogP contribution is -2.41. The number of aromatic carboxylic acids is 1. The summed E-state index contributed by atoms with van der Waals surface area (Å²) >= 11 is 0. The van der Waals surface area contributed by atoms with Crippen LogP contribution >= 0.6 is 0 Å². The zero-order valence-electron chi connectivity index (χ0n) is 11.5. The molecule has 1 aromatic rings. The molecule has 1 aromatic heterocycles. The SMILES string of the molecule is Nc1cnc(NCCC(=O)N2CCOCC2)cc1C(=O)O. The van der Waals surface area contributed by atoms with E-state index in [9.17, 15) is 9.59 Å². The first-order chi connectivity index (χ1) is 10.1. The van der Waals surface area contributed by atoms with E-state index < -0.39 is 5.97 Å². The van der Waals surface area contributed by atoms with Gasteiger partial charge in [-0.3, -0.25) is 4.79 Å². The molecule has 0 atom stereocenters. The van der Waals surface area contributed by atoms with Gasteiger partial charge in [-0.05, 0) is 6.07 Å². The van der Waals surface area contributed by atoms with Gasteiger partial charge in [-0.25, -0.2) is 9.78 Å². The molecule has 21 heavy (non-hydrogen) atoms. The number of aromatic nitrogens is 1. The summed E-state index contributed by atoms with van der Waals surface area (Å²) in [6.45, 7) is 2.75. The first-order valence-electron chi connectivity index (χ1n) is 6.66. The zero-order chi connectivity index (χ0) is 15.2. The molecule has 0 aliphatic carbocycles. The molecule has 1 aliphatic heterocycles. The van der Waals surface area contributed by atoms with Crippen molar-refractivity contribution < 1.29 is 19.4 Å². The number of hydrogen-bond donors (Lipinski definition) is 3. The van der Waals surface area contributed by atoms with E-state index in [4.69, 9.17) is 15.6 Å². The maximum absolute atomic E-state index is 11.9. The third-order valence-electron chi connectivity index (χ3n) is 3.17. The molecule has 0 aromatic carbocycles. The number of pyridine rings is 1. The summed E-state index contributed by atoms with van der Waals surface area (Å²) in [5, 5.41) is 11.9. The summed E-state index contributed by atoms with van der Waals surface area (Å²) in [7, 11) is 0. The minimum Gasteiger partial charge on any atom is -0.478 e. The molecule has 1 aliphatic rings. The number of ether oxygens (including phenoxy) is 1. The monoisotopic (exact) mass is 294 g/mol. The molecule has 1 saturated heterocycles. The van der Waals surface area contributed by atoms with Gasteiger partial charge in [0.1, 0.15) is 5.82 Å². The minimum atomic E-state index is -1.11. The van der Waals surface area contributed by atoms with E-state index in [0.29, 0.717) is 45.1 Å². The third kappa shape index (κ3) is 4.06. The van der Waals surface area contributed by atoms with Crippen LogP contribution < -0.4 is 11.1 Å². The molecular formula is C13H18N4O4. The highest BCUT2D eigenvalue weighted by Crippen LogP contribution is 2.14. The first-order valence-corrected chi connectivity index (χ1v) is 6.66. The molecule has 0 saturated carbocycles. The summed E-state index contributed by atoms with van der Waals surface area (Å²) in [6.07, 6.45) is 1.60. The van der Waals surface area contributed by atoms with Crippen LogP contribution in [0, 0.1) is 0 Å². The van der Waals surface area contributed by atoms with E-state index in [0.717, 1.165) is 0 Å². The number of nitrogen functional groups attached to an aromatic ring is 1. The van der Waals surface area contributed by atoms with E-state index in [-0.39, 0.29) is 17.2 Å². The van der Waals surface area contributed by atoms with Gasteiger partial charge in [0, 0.05) is 26.1 Å². The van der Waals surface area contributed by atoms with Crippen molar-refractivity contribution in [3.8, 4) is 0 Å². The lowest BCUT2D eigenvalue weighted by molar-refractivity contribution is -0.134. The number of morpholine rings is 1. The van der Waals surface area contributed by atoms with Crippen LogP contribution in [0.15, 0.2) is 12.3 Å². The minimum absolute atomic E-state index is 0.00740. The van der Waals surface area contributed by atoms with Crippen LogP contribution in [-0.4, -0.2) is 59.7 Å². The summed E-state index contributed by atoms with van der Waals surface area (Å²) < 4.78 is 5.18. The fourth-order valence-corrected chi connectivity index (χ4v) is 2.02. The molecule has 0 unspecified atom stereocenters. The highest BCUT2D eigenvalue weighted by molar-refractivity contribution is 5.94. The Morgan fingerprint density at radius 2 is 2.14 bits per heavy atom. The van der Waals surface area contributed by atoms with E-state index in [1.807, 2.05) is 0 Å². The van der Waals surface area contributed by atoms with Gasteiger partial charge in [0.2, 0.25) is 5.91 Å². The number of nitrogens with zero attached hydrogens (tertiary/aromatic N) is 2. The standard InChI is InChI=1S/C13H18N4O4/c14-10-8-16-11(7-9(10)13(19)20)15-2-1-12(18)17-3-5-21-6-4-17/h7-8H,1-6,14H2,(H,15,16)(H,19,20). The fourth-order valence-electron chi connectivity index (χ4n) is 2.02. The third-order valence-corrected chi connectivity index (χ3v) is 3.17. The average Bonchev–Trinajstić information content (AvgIpc) is 2.49. The molecule has 1 fully saturated rings. The molecule has 0 radical (unpaired) electrons. The van der Waals surface area contributed by atoms with Crippen LogP contribution in [-0.2, 0) is 9.53 Å². The average molecular weight is 294 g/mol. The molecule has 2 heterocycles. The normalized spacial score (nSPS) is 14.8. The van der Waals surface area contributed by atoms with E-state index in [1.165, 1.54) is 12.3 Å². The number of rotatable bonds is 5. The number of carbonyl (C=O) groups excluding carboxylic acids is 1. The molecule has 4 N–H and O–H groups in total. The van der Waals surface area contributed by atoms with Crippen molar-refractivity contribution >= 4 is 23.4 Å². The Morgan fingerprint density at radius 1 is 1.43 bits per heavy atom. The topological polar surface area (TPSA) is 118 Å². The van der Waals surface area contributed by atoms with Gasteiger partial charge in [-0.1, -0.05) is 0 Å². The second-order valence-corrected chi connectivity index (χ2v) is 4.63. The van der Waals surface area contributed by atoms with Gasteiger partial charge in [-0.15, -0.1) is 0 Å². The second-order valence-electron chi connectivity index (χ2n) is 4.63. The van der Waals surface area contributed by atoms with E-state index in [2.05, 4.69) is 10.3 Å². The Balaban J connectivity index is 1.84. The van der Waals surface area contributed by atoms with E-state index >= 15 is 0 Å². The van der Waals surface area contributed by atoms with Gasteiger partial charge < -0.3 is 25.8 Å². The molecular weight excluding hydrogens is 276 g/mol. The number of anilines is 2. The highest BCUT2D eigenvalue weighted by atomic mass is 16.5. The lowest BCUT2D eigenvalue weighted by Gasteiger charge is -2.26. The summed E-state index contributed by atoms with van der Waals surface area (Å²) in [5.41, 5.74) is 5.62. The van der Waals surface area contributed by atoms with Crippen molar-refractivity contribution in [1.82, 2.24) is 9.88 Å². The van der Waals surface area contributed by atoms with Crippen molar-refractivity contribution in [3.05, 3.63) is 17.8 Å². The summed E-state index contributed by atoms with van der Waals surface area (Å²) in [4.78, 5) is 28.6. The number of hydrogen-bond acceptors (Lipinski definition) is 6. The number of carbonyl (C=O) groups is 2. The van der Waals surface area contributed by atoms with Crippen molar-refractivity contribution in [2.45, 2.75) is 6.42 Å². The van der Waals surface area contributed by atoms with Gasteiger partial charge >= 0.3 is 5.97 Å². The maximum Gasteiger partial charge on any atom is 0.337 e. The van der Waals surface area contributed by atoms with Crippen molar-refractivity contribution in [1.29, 1.82) is 0 Å². The summed E-state index contributed by atoms with van der Waals surface area (Å²) in [6, 6.07) is 1.36. The van der Waals surface area contributed by atoms with Crippen molar-refractivity contribution in [2.75, 3.05) is 43.9 Å². The Bertz CT molecular complexity index is 529. The zero-order valence-corrected chi connectivity index (χ0v) is 11.5. The molecule has 8 heteroatoms. The largest absolute Gasteiger partial charge is 0.478 e. The summed E-state index contributed by atoms with van der Waals surface area (Å²) in [5.74, 6) is -0.682. The van der Waals surface area contributed by atoms with Gasteiger partial charge in [0.05, 0.1) is 30.7 Å². The second kappa shape index (κ2) is 6.89. The van der Waals surface area contributed by atoms with Crippen LogP contribution in [0.2, 0.25) is 0 Å². The number of nitrogens with one attached hydrogen (secondary N) is 1. The first kappa shape index (κ1) is 15.0. The molecule has 114 valence electrons. The highest BCUT2D eigenvalue weighted by Gasteiger charge is 2.16. The number of nitrogens with two attached hydrogens (primary N) is 1. The van der Waals surface area contributed by atoms with Gasteiger partial charge in [0.25, 0.3) is 0 Å². The molecule has 2 rings (SSSR count). The quantitative estimate of drug-likeness (QED) is 0.700. The predicted octanol–water partition coefficient (Wildman–Crippen LogP) is 0.0228. The van der Waals surface area contributed by atoms with Crippen LogP contribution in [0.5, 0.6) is 0 Å². The smallest absolute Gasteiger partial charge is 0.337 e. The molecule has 0 spiro atoms. The molecule has 8 nitrogen and oxygen atoms in total. The maximum atomic E-state index is 11.9. The van der Waals surface area contributed by atoms with Crippen molar-refractivity contribution in [2.24, 2.45) is 0 Å². The van der Waals surface area contributed by atoms with Crippen LogP contribution in [0.25, 0.3) is 0 Å². The number of carboxylic acids is 1. The Labute approximate surface area is 121 Å². The molecule has 1 amide bonds. The van der Waals surface area contributed by atoms with Gasteiger partial charge in [-0.2, -0.15) is 0 Å². The van der Waals surface area contributed by atoms with Crippen molar-refractivity contribution in [3.63, 3.8) is 0 Å². The Hall–Kier alpha value is -2.35. The van der Waals surface area contributed by atoms with Crippen LogP contribution in [0.4, 0.5) is 11.5 Å². The van der Waals surface area contributed by atoms with Gasteiger partial charge in [0.15, 0.2) is 0 Å². The van der Waals surface area contributed by atoms with Crippen LogP contribution in [0.1, 0.15) is 16.8 Å². The number of amides is 1. The van der Waals surface area contributed by atoms with Crippen LogP contribution in [0.3, 0.4) is 0 Å². The number of carboxylic acid groups (broad SMARTS) is 1. The molecule has 0 bridgehead atoms.